The largest absolute Gasteiger partial charge is 0.507 e. The molecule has 0 unspecified atom stereocenters. The summed E-state index contributed by atoms with van der Waals surface area (Å²) >= 11 is 0. The van der Waals surface area contributed by atoms with Gasteiger partial charge in [0.1, 0.15) is 16.4 Å². The van der Waals surface area contributed by atoms with Gasteiger partial charge in [-0.25, -0.2) is 0 Å². The summed E-state index contributed by atoms with van der Waals surface area (Å²) in [5.74, 6) is -0.0758. The van der Waals surface area contributed by atoms with E-state index < -0.39 is 15.0 Å². The number of aromatic hydroxyl groups is 1. The van der Waals surface area contributed by atoms with E-state index in [0.717, 1.165) is 6.07 Å². The Bertz CT molecular complexity index is 984. The molecule has 0 amide bonds. The number of aldehydes is 1. The third-order valence-corrected chi connectivity index (χ3v) is 4.15. The molecule has 3 aromatic rings. The Morgan fingerprint density at radius 2 is 1.73 bits per heavy atom. The minimum atomic E-state index is -4.50. The van der Waals surface area contributed by atoms with Crippen molar-refractivity contribution in [2.24, 2.45) is 0 Å². The highest BCUT2D eigenvalue weighted by Gasteiger charge is 2.21. The van der Waals surface area contributed by atoms with E-state index in [4.69, 9.17) is 4.42 Å². The first-order chi connectivity index (χ1) is 10.4. The Morgan fingerprint density at radius 3 is 2.32 bits per heavy atom. The van der Waals surface area contributed by atoms with E-state index in [2.05, 4.69) is 0 Å². The molecule has 0 spiro atoms. The minimum Gasteiger partial charge on any atom is -0.507 e. The molecule has 7 heteroatoms. The average molecular weight is 318 g/mol. The first-order valence-electron chi connectivity index (χ1n) is 6.19. The van der Waals surface area contributed by atoms with Crippen LogP contribution in [0, 0.1) is 0 Å². The molecule has 6 nitrogen and oxygen atoms in total. The summed E-state index contributed by atoms with van der Waals surface area (Å²) in [5.41, 5.74) is 0.246. The molecule has 22 heavy (non-hydrogen) atoms. The van der Waals surface area contributed by atoms with Crippen LogP contribution in [-0.4, -0.2) is 24.4 Å². The van der Waals surface area contributed by atoms with E-state index in [-0.39, 0.29) is 28.2 Å². The monoisotopic (exact) mass is 318 g/mol. The Labute approximate surface area is 125 Å². The quantitative estimate of drug-likeness (QED) is 0.568. The van der Waals surface area contributed by atoms with Crippen molar-refractivity contribution in [3.8, 4) is 17.1 Å². The Kier molecular flexibility index (Phi) is 3.23. The second-order valence-electron chi connectivity index (χ2n) is 4.61. The van der Waals surface area contributed by atoms with E-state index in [1.54, 1.807) is 18.2 Å². The summed E-state index contributed by atoms with van der Waals surface area (Å²) in [6, 6.07) is 10.2. The number of phenols is 1. The molecule has 0 bridgehead atoms. The van der Waals surface area contributed by atoms with Crippen molar-refractivity contribution in [2.75, 3.05) is 0 Å². The van der Waals surface area contributed by atoms with Crippen LogP contribution >= 0.6 is 0 Å². The molecule has 0 radical (unpaired) electrons. The molecule has 2 N–H and O–H groups in total. The predicted octanol–water partition coefficient (Wildman–Crippen LogP) is 2.86. The lowest BCUT2D eigenvalue weighted by Crippen LogP contribution is -2.00. The number of benzene rings is 2. The van der Waals surface area contributed by atoms with Gasteiger partial charge in [-0.2, -0.15) is 8.42 Å². The van der Waals surface area contributed by atoms with Crippen molar-refractivity contribution in [2.45, 2.75) is 4.90 Å². The van der Waals surface area contributed by atoms with Crippen molar-refractivity contribution >= 4 is 27.2 Å². The van der Waals surface area contributed by atoms with Crippen LogP contribution < -0.4 is 0 Å². The lowest BCUT2D eigenvalue weighted by Gasteiger charge is -2.10. The predicted molar refractivity (Wildman–Crippen MR) is 78.5 cm³/mol. The summed E-state index contributed by atoms with van der Waals surface area (Å²) in [6.45, 7) is 0. The molecule has 0 atom stereocenters. The molecule has 2 aromatic carbocycles. The van der Waals surface area contributed by atoms with Crippen LogP contribution in [-0.2, 0) is 10.1 Å². The molecule has 0 saturated carbocycles. The summed E-state index contributed by atoms with van der Waals surface area (Å²) in [6.07, 6.45) is 0.523. The van der Waals surface area contributed by atoms with Crippen LogP contribution in [0.5, 0.6) is 5.75 Å². The van der Waals surface area contributed by atoms with E-state index in [0.29, 0.717) is 11.7 Å². The fourth-order valence-electron chi connectivity index (χ4n) is 2.35. The Hall–Kier alpha value is -2.64. The molecule has 1 aromatic heterocycles. The fourth-order valence-corrected chi connectivity index (χ4v) is 3.07. The normalized spacial score (nSPS) is 11.7. The number of carbonyl (C=O) groups excluding carboxylic acids is 1. The van der Waals surface area contributed by atoms with Crippen LogP contribution in [0.2, 0.25) is 0 Å². The topological polar surface area (TPSA) is 105 Å². The zero-order valence-corrected chi connectivity index (χ0v) is 11.9. The first kappa shape index (κ1) is 14.3. The van der Waals surface area contributed by atoms with Gasteiger partial charge in [0.15, 0.2) is 12.0 Å². The summed E-state index contributed by atoms with van der Waals surface area (Å²) in [5, 5.41) is 10.8. The van der Waals surface area contributed by atoms with Gasteiger partial charge in [-0.05, 0) is 17.5 Å². The molecule has 1 heterocycles. The second-order valence-corrected chi connectivity index (χ2v) is 6.00. The van der Waals surface area contributed by atoms with Crippen LogP contribution in [0.25, 0.3) is 22.1 Å². The Balaban J connectivity index is 2.42. The van der Waals surface area contributed by atoms with Crippen molar-refractivity contribution in [1.29, 1.82) is 0 Å². The highest BCUT2D eigenvalue weighted by Crippen LogP contribution is 2.40. The molecule has 112 valence electrons. The third kappa shape index (κ3) is 2.26. The molecule has 0 aliphatic carbocycles. The second kappa shape index (κ2) is 4.97. The summed E-state index contributed by atoms with van der Waals surface area (Å²) < 4.78 is 37.5. The van der Waals surface area contributed by atoms with Crippen LogP contribution in [0.4, 0.5) is 0 Å². The van der Waals surface area contributed by atoms with Crippen molar-refractivity contribution in [3.63, 3.8) is 0 Å². The van der Waals surface area contributed by atoms with E-state index in [1.807, 2.05) is 0 Å². The van der Waals surface area contributed by atoms with E-state index in [1.165, 1.54) is 18.2 Å². The molecule has 3 rings (SSSR count). The lowest BCUT2D eigenvalue weighted by molar-refractivity contribution is 0.110. The molecular weight excluding hydrogens is 308 g/mol. The number of phenolic OH excluding ortho intramolecular Hbond substituents is 1. The maximum atomic E-state index is 11.5. The SMILES string of the molecule is O=Cc1ccc(-c2c(O)cc(S(=O)(=O)O)c3ccccc23)o1. The van der Waals surface area contributed by atoms with Gasteiger partial charge < -0.3 is 9.52 Å². The van der Waals surface area contributed by atoms with Gasteiger partial charge in [0.2, 0.25) is 0 Å². The van der Waals surface area contributed by atoms with Crippen molar-refractivity contribution in [3.05, 3.63) is 48.2 Å². The van der Waals surface area contributed by atoms with Crippen molar-refractivity contribution in [1.82, 2.24) is 0 Å². The number of hydrogen-bond donors (Lipinski definition) is 2. The fraction of sp³-hybridized carbons (Fsp3) is 0. The van der Waals surface area contributed by atoms with Crippen LogP contribution in [0.3, 0.4) is 0 Å². The van der Waals surface area contributed by atoms with Crippen LogP contribution in [0.15, 0.2) is 51.8 Å². The average Bonchev–Trinajstić information content (AvgIpc) is 2.94. The number of fused-ring (bicyclic) bond motifs is 1. The van der Waals surface area contributed by atoms with Gasteiger partial charge in [-0.15, -0.1) is 0 Å². The molecular formula is C15H10O6S. The number of rotatable bonds is 3. The number of hydrogen-bond acceptors (Lipinski definition) is 5. The van der Waals surface area contributed by atoms with Crippen LogP contribution in [0.1, 0.15) is 10.6 Å². The maximum absolute atomic E-state index is 11.5. The van der Waals surface area contributed by atoms with E-state index >= 15 is 0 Å². The van der Waals surface area contributed by atoms with Gasteiger partial charge >= 0.3 is 0 Å². The van der Waals surface area contributed by atoms with Gasteiger partial charge in [0, 0.05) is 11.5 Å². The molecule has 0 aliphatic rings. The molecule has 0 fully saturated rings. The smallest absolute Gasteiger partial charge is 0.295 e. The standard InChI is InChI=1S/C15H10O6S/c16-8-9-5-6-13(21-9)15-11-4-2-1-3-10(11)14(7-12(15)17)22(18,19)20/h1-8,17H,(H,18,19,20). The third-order valence-electron chi connectivity index (χ3n) is 3.25. The Morgan fingerprint density at radius 1 is 1.05 bits per heavy atom. The van der Waals surface area contributed by atoms with E-state index in [9.17, 15) is 22.9 Å². The van der Waals surface area contributed by atoms with Gasteiger partial charge in [0.25, 0.3) is 10.1 Å². The summed E-state index contributed by atoms with van der Waals surface area (Å²) in [4.78, 5) is 10.3. The van der Waals surface area contributed by atoms with Gasteiger partial charge in [-0.1, -0.05) is 24.3 Å². The number of furan rings is 1. The first-order valence-corrected chi connectivity index (χ1v) is 7.63. The molecule has 0 saturated heterocycles. The number of carbonyl (C=O) groups is 1. The highest BCUT2D eigenvalue weighted by atomic mass is 32.2. The zero-order valence-electron chi connectivity index (χ0n) is 11.1. The maximum Gasteiger partial charge on any atom is 0.295 e. The molecule has 0 aliphatic heterocycles. The lowest BCUT2D eigenvalue weighted by atomic mass is 10.0. The highest BCUT2D eigenvalue weighted by molar-refractivity contribution is 7.86. The van der Waals surface area contributed by atoms with Gasteiger partial charge in [0.05, 0.1) is 5.56 Å². The minimum absolute atomic E-state index is 0.0809. The van der Waals surface area contributed by atoms with Gasteiger partial charge in [-0.3, -0.25) is 9.35 Å². The van der Waals surface area contributed by atoms with Crippen molar-refractivity contribution < 1.29 is 27.3 Å². The summed E-state index contributed by atoms with van der Waals surface area (Å²) in [7, 11) is -4.50. The zero-order chi connectivity index (χ0) is 15.9.